The summed E-state index contributed by atoms with van der Waals surface area (Å²) in [4.78, 5) is 14.4. The zero-order valence-electron chi connectivity index (χ0n) is 19.8. The van der Waals surface area contributed by atoms with Gasteiger partial charge in [0.05, 0.1) is 27.8 Å². The van der Waals surface area contributed by atoms with Crippen LogP contribution in [0.1, 0.15) is 62.7 Å². The summed E-state index contributed by atoms with van der Waals surface area (Å²) in [6.45, 7) is 8.41. The molecule has 4 nitrogen and oxygen atoms in total. The van der Waals surface area contributed by atoms with E-state index in [2.05, 4.69) is 55.6 Å². The number of ether oxygens (including phenoxy) is 1. The molecule has 0 atom stereocenters. The Labute approximate surface area is 200 Å². The van der Waals surface area contributed by atoms with E-state index in [1.165, 1.54) is 10.7 Å². The van der Waals surface area contributed by atoms with Crippen molar-refractivity contribution < 1.29 is 4.74 Å². The van der Waals surface area contributed by atoms with Gasteiger partial charge in [-0.15, -0.1) is 11.3 Å². The van der Waals surface area contributed by atoms with Crippen LogP contribution < -0.4 is 4.74 Å². The molecule has 2 aromatic carbocycles. The molecule has 0 N–H and O–H groups in total. The zero-order chi connectivity index (χ0) is 23.2. The number of rotatable bonds is 9. The molecule has 2 aromatic heterocycles. The molecule has 0 amide bonds. The van der Waals surface area contributed by atoms with E-state index in [-0.39, 0.29) is 6.10 Å². The Morgan fingerprint density at radius 2 is 1.73 bits per heavy atom. The van der Waals surface area contributed by atoms with E-state index >= 15 is 0 Å². The predicted octanol–water partition coefficient (Wildman–Crippen LogP) is 7.70. The molecule has 0 aliphatic rings. The lowest BCUT2D eigenvalue weighted by Crippen LogP contribution is -2.09. The van der Waals surface area contributed by atoms with Crippen LogP contribution in [0, 0.1) is 0 Å². The normalized spacial score (nSPS) is 11.8. The molecule has 0 saturated heterocycles. The minimum Gasteiger partial charge on any atom is -0.473 e. The Balaban J connectivity index is 1.47. The van der Waals surface area contributed by atoms with E-state index in [0.717, 1.165) is 47.1 Å². The Kier molecular flexibility index (Phi) is 7.50. The second kappa shape index (κ2) is 10.7. The molecular weight excluding hydrogens is 426 g/mol. The van der Waals surface area contributed by atoms with Crippen molar-refractivity contribution in [3.63, 3.8) is 0 Å². The molecule has 0 aliphatic carbocycles. The SMILES string of the molecule is CC(C)Oc1nc2ccccc2nc1-c1cccc(/C=C/CCCc2csc(C(C)C)n2)c1. The topological polar surface area (TPSA) is 47.9 Å². The molecule has 4 aromatic rings. The maximum Gasteiger partial charge on any atom is 0.241 e. The number of para-hydroxylation sites is 2. The van der Waals surface area contributed by atoms with Crippen molar-refractivity contribution in [1.29, 1.82) is 0 Å². The standard InChI is InChI=1S/C28H31N3OS/c1-19(2)28-29-23(18-33-28)14-7-5-6-11-21-12-10-13-22(17-21)26-27(32-20(3)4)31-25-16-9-8-15-24(25)30-26/h6,8-13,15-20H,5,7,14H2,1-4H3/b11-6+. The highest BCUT2D eigenvalue weighted by Gasteiger charge is 2.14. The fourth-order valence-electron chi connectivity index (χ4n) is 3.59. The predicted molar refractivity (Wildman–Crippen MR) is 139 cm³/mol. The molecule has 2 heterocycles. The second-order valence-corrected chi connectivity index (χ2v) is 9.67. The highest BCUT2D eigenvalue weighted by molar-refractivity contribution is 7.09. The Bertz CT molecular complexity index is 1240. The molecule has 170 valence electrons. The van der Waals surface area contributed by atoms with Crippen LogP contribution in [0.2, 0.25) is 0 Å². The number of fused-ring (bicyclic) bond motifs is 1. The number of thiazole rings is 1. The summed E-state index contributed by atoms with van der Waals surface area (Å²) in [7, 11) is 0. The molecule has 0 fully saturated rings. The first kappa shape index (κ1) is 23.1. The monoisotopic (exact) mass is 457 g/mol. The fourth-order valence-corrected chi connectivity index (χ4v) is 4.46. The van der Waals surface area contributed by atoms with Gasteiger partial charge in [-0.2, -0.15) is 0 Å². The maximum atomic E-state index is 6.02. The summed E-state index contributed by atoms with van der Waals surface area (Å²) in [6.07, 6.45) is 7.59. The van der Waals surface area contributed by atoms with Gasteiger partial charge >= 0.3 is 0 Å². The van der Waals surface area contributed by atoms with Crippen LogP contribution in [0.25, 0.3) is 28.4 Å². The number of benzene rings is 2. The van der Waals surface area contributed by atoms with Crippen molar-refractivity contribution in [3.05, 3.63) is 76.3 Å². The number of hydrogen-bond acceptors (Lipinski definition) is 5. The average molecular weight is 458 g/mol. The number of aromatic nitrogens is 3. The minimum absolute atomic E-state index is 0.0247. The molecule has 0 radical (unpaired) electrons. The fraction of sp³-hybridized carbons (Fsp3) is 0.321. The second-order valence-electron chi connectivity index (χ2n) is 8.78. The summed E-state index contributed by atoms with van der Waals surface area (Å²) in [5.74, 6) is 1.09. The molecule has 0 unspecified atom stereocenters. The van der Waals surface area contributed by atoms with Gasteiger partial charge in [-0.3, -0.25) is 0 Å². The van der Waals surface area contributed by atoms with Gasteiger partial charge in [-0.25, -0.2) is 15.0 Å². The number of allylic oxidation sites excluding steroid dienone is 1. The van der Waals surface area contributed by atoms with Crippen molar-refractivity contribution in [2.75, 3.05) is 0 Å². The molecule has 33 heavy (non-hydrogen) atoms. The quantitative estimate of drug-likeness (QED) is 0.242. The summed E-state index contributed by atoms with van der Waals surface area (Å²) in [6, 6.07) is 16.3. The van der Waals surface area contributed by atoms with E-state index in [4.69, 9.17) is 19.7 Å². The molecule has 0 aliphatic heterocycles. The van der Waals surface area contributed by atoms with Crippen LogP contribution in [0.15, 0.2) is 60.0 Å². The van der Waals surface area contributed by atoms with Gasteiger partial charge in [-0.1, -0.05) is 56.3 Å². The van der Waals surface area contributed by atoms with Crippen LogP contribution >= 0.6 is 11.3 Å². The highest BCUT2D eigenvalue weighted by atomic mass is 32.1. The number of aryl methyl sites for hydroxylation is 1. The van der Waals surface area contributed by atoms with Gasteiger partial charge in [0, 0.05) is 16.9 Å². The lowest BCUT2D eigenvalue weighted by molar-refractivity contribution is 0.234. The van der Waals surface area contributed by atoms with Crippen LogP contribution in [0.3, 0.4) is 0 Å². The first-order valence-electron chi connectivity index (χ1n) is 11.6. The third kappa shape index (κ3) is 6.05. The van der Waals surface area contributed by atoms with Crippen molar-refractivity contribution in [2.24, 2.45) is 0 Å². The number of hydrogen-bond donors (Lipinski definition) is 0. The van der Waals surface area contributed by atoms with Crippen molar-refractivity contribution in [1.82, 2.24) is 15.0 Å². The van der Waals surface area contributed by atoms with E-state index in [9.17, 15) is 0 Å². The summed E-state index contributed by atoms with van der Waals surface area (Å²) < 4.78 is 6.02. The van der Waals surface area contributed by atoms with Crippen LogP contribution in [0.5, 0.6) is 5.88 Å². The molecular formula is C28H31N3OS. The van der Waals surface area contributed by atoms with Crippen LogP contribution in [0.4, 0.5) is 0 Å². The van der Waals surface area contributed by atoms with Crippen molar-refractivity contribution in [3.8, 4) is 17.1 Å². The number of unbranched alkanes of at least 4 members (excludes halogenated alkanes) is 1. The minimum atomic E-state index is 0.0247. The van der Waals surface area contributed by atoms with Gasteiger partial charge in [0.15, 0.2) is 0 Å². The summed E-state index contributed by atoms with van der Waals surface area (Å²) in [5, 5.41) is 3.43. The third-order valence-electron chi connectivity index (χ3n) is 5.22. The molecule has 0 saturated carbocycles. The first-order valence-corrected chi connectivity index (χ1v) is 12.5. The molecule has 4 rings (SSSR count). The van der Waals surface area contributed by atoms with E-state index in [0.29, 0.717) is 11.8 Å². The summed E-state index contributed by atoms with van der Waals surface area (Å²) in [5.41, 5.74) is 5.86. The zero-order valence-corrected chi connectivity index (χ0v) is 20.6. The smallest absolute Gasteiger partial charge is 0.241 e. The van der Waals surface area contributed by atoms with Gasteiger partial charge in [-0.05, 0) is 56.9 Å². The van der Waals surface area contributed by atoms with Crippen LogP contribution in [-0.4, -0.2) is 21.1 Å². The van der Waals surface area contributed by atoms with Gasteiger partial charge in [0.2, 0.25) is 5.88 Å². The van der Waals surface area contributed by atoms with E-state index < -0.39 is 0 Å². The van der Waals surface area contributed by atoms with Gasteiger partial charge in [0.25, 0.3) is 0 Å². The van der Waals surface area contributed by atoms with Crippen molar-refractivity contribution in [2.45, 2.75) is 59.0 Å². The van der Waals surface area contributed by atoms with Gasteiger partial charge < -0.3 is 4.74 Å². The summed E-state index contributed by atoms with van der Waals surface area (Å²) >= 11 is 1.77. The average Bonchev–Trinajstić information content (AvgIpc) is 3.28. The Morgan fingerprint density at radius 1 is 0.939 bits per heavy atom. The first-order chi connectivity index (χ1) is 16.0. The third-order valence-corrected chi connectivity index (χ3v) is 6.42. The molecule has 0 bridgehead atoms. The van der Waals surface area contributed by atoms with E-state index in [1.807, 2.05) is 38.1 Å². The number of nitrogens with zero attached hydrogens (tertiary/aromatic N) is 3. The van der Waals surface area contributed by atoms with Crippen molar-refractivity contribution >= 4 is 28.4 Å². The lowest BCUT2D eigenvalue weighted by atomic mass is 10.1. The van der Waals surface area contributed by atoms with Crippen LogP contribution in [-0.2, 0) is 6.42 Å². The molecule has 0 spiro atoms. The molecule has 5 heteroatoms. The maximum absolute atomic E-state index is 6.02. The van der Waals surface area contributed by atoms with Gasteiger partial charge in [0.1, 0.15) is 5.69 Å². The Morgan fingerprint density at radius 3 is 2.45 bits per heavy atom. The lowest BCUT2D eigenvalue weighted by Gasteiger charge is -2.14. The highest BCUT2D eigenvalue weighted by Crippen LogP contribution is 2.30. The largest absolute Gasteiger partial charge is 0.473 e. The van der Waals surface area contributed by atoms with E-state index in [1.54, 1.807) is 11.3 Å². The Hall–Kier alpha value is -3.05.